The SMILES string of the molecule is COC(=O)Cn1cc(C#N)c(-c2cc(Cl)cc([N+](=O)[O-])c2)c1. The smallest absolute Gasteiger partial charge is 0.325 e. The Kier molecular flexibility index (Phi) is 4.44. The Morgan fingerprint density at radius 1 is 1.45 bits per heavy atom. The first kappa shape index (κ1) is 15.5. The summed E-state index contributed by atoms with van der Waals surface area (Å²) >= 11 is 5.88. The van der Waals surface area contributed by atoms with Crippen molar-refractivity contribution in [3.05, 3.63) is 51.3 Å². The molecule has 0 bridgehead atoms. The number of nitro benzene ring substituents is 1. The number of carbonyl (C=O) groups is 1. The van der Waals surface area contributed by atoms with Crippen molar-refractivity contribution in [2.75, 3.05) is 7.11 Å². The zero-order chi connectivity index (χ0) is 16.3. The predicted octanol–water partition coefficient (Wildman–Crippen LogP) is 2.76. The highest BCUT2D eigenvalue weighted by Gasteiger charge is 2.15. The molecular formula is C14H10ClN3O4. The van der Waals surface area contributed by atoms with Crippen LogP contribution in [0.2, 0.25) is 5.02 Å². The molecule has 0 N–H and O–H groups in total. The lowest BCUT2D eigenvalue weighted by Crippen LogP contribution is -2.09. The number of esters is 1. The molecule has 0 aliphatic heterocycles. The maximum Gasteiger partial charge on any atom is 0.325 e. The van der Waals surface area contributed by atoms with Gasteiger partial charge in [0, 0.05) is 35.1 Å². The van der Waals surface area contributed by atoms with Crippen LogP contribution in [0.25, 0.3) is 11.1 Å². The second-order valence-corrected chi connectivity index (χ2v) is 4.84. The number of non-ortho nitro benzene ring substituents is 1. The van der Waals surface area contributed by atoms with Crippen molar-refractivity contribution in [1.82, 2.24) is 4.57 Å². The summed E-state index contributed by atoms with van der Waals surface area (Å²) in [4.78, 5) is 21.6. The number of halogens is 1. The first-order valence-electron chi connectivity index (χ1n) is 6.06. The third-order valence-electron chi connectivity index (χ3n) is 2.94. The summed E-state index contributed by atoms with van der Waals surface area (Å²) < 4.78 is 6.04. The number of hydrogen-bond donors (Lipinski definition) is 0. The monoisotopic (exact) mass is 319 g/mol. The molecule has 0 saturated heterocycles. The van der Waals surface area contributed by atoms with E-state index in [4.69, 9.17) is 11.6 Å². The summed E-state index contributed by atoms with van der Waals surface area (Å²) in [6.45, 7) is -0.0617. The molecule has 2 aromatic rings. The molecule has 0 saturated carbocycles. The highest BCUT2D eigenvalue weighted by Crippen LogP contribution is 2.31. The average Bonchev–Trinajstić information content (AvgIpc) is 2.89. The van der Waals surface area contributed by atoms with Crippen LogP contribution in [0.15, 0.2) is 30.6 Å². The van der Waals surface area contributed by atoms with Crippen LogP contribution in [-0.2, 0) is 16.1 Å². The van der Waals surface area contributed by atoms with Gasteiger partial charge in [-0.15, -0.1) is 0 Å². The quantitative estimate of drug-likeness (QED) is 0.490. The van der Waals surface area contributed by atoms with Gasteiger partial charge in [-0.1, -0.05) is 11.6 Å². The van der Waals surface area contributed by atoms with E-state index < -0.39 is 10.9 Å². The minimum absolute atomic E-state index is 0.0617. The van der Waals surface area contributed by atoms with Crippen molar-refractivity contribution in [2.24, 2.45) is 0 Å². The van der Waals surface area contributed by atoms with Crippen molar-refractivity contribution in [3.63, 3.8) is 0 Å². The average molecular weight is 320 g/mol. The van der Waals surface area contributed by atoms with Crippen LogP contribution in [0.1, 0.15) is 5.56 Å². The lowest BCUT2D eigenvalue weighted by molar-refractivity contribution is -0.384. The normalized spacial score (nSPS) is 10.0. The number of hydrogen-bond acceptors (Lipinski definition) is 5. The van der Waals surface area contributed by atoms with Crippen molar-refractivity contribution in [1.29, 1.82) is 5.26 Å². The Balaban J connectivity index is 2.50. The third kappa shape index (κ3) is 3.24. The first-order valence-corrected chi connectivity index (χ1v) is 6.44. The Morgan fingerprint density at radius 2 is 2.18 bits per heavy atom. The van der Waals surface area contributed by atoms with Crippen molar-refractivity contribution in [2.45, 2.75) is 6.54 Å². The zero-order valence-electron chi connectivity index (χ0n) is 11.4. The Bertz CT molecular complexity index is 792. The van der Waals surface area contributed by atoms with Gasteiger partial charge in [-0.05, 0) is 11.6 Å². The first-order chi connectivity index (χ1) is 10.4. The highest BCUT2D eigenvalue weighted by molar-refractivity contribution is 6.31. The molecule has 2 rings (SSSR count). The van der Waals surface area contributed by atoms with Gasteiger partial charge < -0.3 is 9.30 Å². The topological polar surface area (TPSA) is 98.2 Å². The van der Waals surface area contributed by atoms with Crippen LogP contribution >= 0.6 is 11.6 Å². The van der Waals surface area contributed by atoms with E-state index in [1.165, 1.54) is 36.1 Å². The molecule has 8 heteroatoms. The van der Waals surface area contributed by atoms with E-state index in [0.717, 1.165) is 0 Å². The number of benzene rings is 1. The number of rotatable bonds is 4. The Morgan fingerprint density at radius 3 is 2.77 bits per heavy atom. The fraction of sp³-hybridized carbons (Fsp3) is 0.143. The van der Waals surface area contributed by atoms with Gasteiger partial charge in [0.1, 0.15) is 12.6 Å². The zero-order valence-corrected chi connectivity index (χ0v) is 12.2. The number of methoxy groups -OCH3 is 1. The summed E-state index contributed by atoms with van der Waals surface area (Å²) in [5.41, 5.74) is 0.990. The summed E-state index contributed by atoms with van der Waals surface area (Å²) in [6.07, 6.45) is 3.02. The molecular weight excluding hydrogens is 310 g/mol. The predicted molar refractivity (Wildman–Crippen MR) is 78.3 cm³/mol. The van der Waals surface area contributed by atoms with E-state index in [2.05, 4.69) is 4.74 Å². The number of nitriles is 1. The molecule has 1 aromatic heterocycles. The molecule has 0 radical (unpaired) electrons. The van der Waals surface area contributed by atoms with Gasteiger partial charge >= 0.3 is 5.97 Å². The van der Waals surface area contributed by atoms with Crippen molar-refractivity contribution in [3.8, 4) is 17.2 Å². The summed E-state index contributed by atoms with van der Waals surface area (Å²) in [6, 6.07) is 6.06. The number of ether oxygens (including phenoxy) is 1. The van der Waals surface area contributed by atoms with Crippen molar-refractivity contribution < 1.29 is 14.5 Å². The van der Waals surface area contributed by atoms with Crippen LogP contribution in [0.5, 0.6) is 0 Å². The van der Waals surface area contributed by atoms with Crippen LogP contribution < -0.4 is 0 Å². The molecule has 0 amide bonds. The second kappa shape index (κ2) is 6.28. The molecule has 22 heavy (non-hydrogen) atoms. The van der Waals surface area contributed by atoms with Crippen LogP contribution in [0.4, 0.5) is 5.69 Å². The van der Waals surface area contributed by atoms with Gasteiger partial charge in [0.25, 0.3) is 5.69 Å². The van der Waals surface area contributed by atoms with Gasteiger partial charge in [0.15, 0.2) is 0 Å². The van der Waals surface area contributed by atoms with Gasteiger partial charge in [-0.25, -0.2) is 0 Å². The number of carbonyl (C=O) groups excluding carboxylic acids is 1. The van der Waals surface area contributed by atoms with Gasteiger partial charge in [0.2, 0.25) is 0 Å². The minimum Gasteiger partial charge on any atom is -0.468 e. The lowest BCUT2D eigenvalue weighted by Gasteiger charge is -2.02. The summed E-state index contributed by atoms with van der Waals surface area (Å²) in [5.74, 6) is -0.469. The second-order valence-electron chi connectivity index (χ2n) is 4.40. The van der Waals surface area contributed by atoms with E-state index in [0.29, 0.717) is 11.1 Å². The van der Waals surface area contributed by atoms with Crippen LogP contribution in [0.3, 0.4) is 0 Å². The molecule has 1 aromatic carbocycles. The number of nitro groups is 1. The Hall–Kier alpha value is -2.85. The van der Waals surface area contributed by atoms with E-state index in [9.17, 15) is 20.2 Å². The maximum atomic E-state index is 11.3. The summed E-state index contributed by atoms with van der Waals surface area (Å²) in [5, 5.41) is 20.3. The molecule has 112 valence electrons. The van der Waals surface area contributed by atoms with Gasteiger partial charge in [-0.2, -0.15) is 5.26 Å². The van der Waals surface area contributed by atoms with Crippen molar-refractivity contribution >= 4 is 23.3 Å². The number of aromatic nitrogens is 1. The third-order valence-corrected chi connectivity index (χ3v) is 3.16. The van der Waals surface area contributed by atoms with Gasteiger partial charge in [-0.3, -0.25) is 14.9 Å². The highest BCUT2D eigenvalue weighted by atomic mass is 35.5. The maximum absolute atomic E-state index is 11.3. The van der Waals surface area contributed by atoms with Crippen LogP contribution in [0, 0.1) is 21.4 Å². The molecule has 1 heterocycles. The molecule has 0 spiro atoms. The van der Waals surface area contributed by atoms with Gasteiger partial charge in [0.05, 0.1) is 17.6 Å². The van der Waals surface area contributed by atoms with E-state index >= 15 is 0 Å². The molecule has 0 atom stereocenters. The minimum atomic E-state index is -0.563. The van der Waals surface area contributed by atoms with E-state index in [1.807, 2.05) is 6.07 Å². The van der Waals surface area contributed by atoms with Crippen LogP contribution in [-0.4, -0.2) is 22.6 Å². The Labute approximate surface area is 130 Å². The molecule has 7 nitrogen and oxygen atoms in total. The molecule has 0 aliphatic rings. The van der Waals surface area contributed by atoms with E-state index in [-0.39, 0.29) is 22.8 Å². The molecule has 0 fully saturated rings. The fourth-order valence-electron chi connectivity index (χ4n) is 1.97. The standard InChI is InChI=1S/C14H10ClN3O4/c1-22-14(19)8-17-6-10(5-16)13(7-17)9-2-11(15)4-12(3-9)18(20)21/h2-4,6-7H,8H2,1H3. The molecule has 0 unspecified atom stereocenters. The number of nitrogens with zero attached hydrogens (tertiary/aromatic N) is 3. The largest absolute Gasteiger partial charge is 0.468 e. The summed E-state index contributed by atoms with van der Waals surface area (Å²) in [7, 11) is 1.26. The fourth-order valence-corrected chi connectivity index (χ4v) is 2.20. The lowest BCUT2D eigenvalue weighted by atomic mass is 10.0. The molecule has 0 aliphatic carbocycles. The van der Waals surface area contributed by atoms with E-state index in [1.54, 1.807) is 6.20 Å².